The lowest BCUT2D eigenvalue weighted by atomic mass is 9.93. The summed E-state index contributed by atoms with van der Waals surface area (Å²) >= 11 is 5.95. The van der Waals surface area contributed by atoms with Crippen LogP contribution in [-0.4, -0.2) is 5.11 Å². The fraction of sp³-hybridized carbons (Fsp3) is 0.400. The third kappa shape index (κ3) is 1.83. The van der Waals surface area contributed by atoms with Crippen LogP contribution in [0.2, 0.25) is 5.02 Å². The lowest BCUT2D eigenvalue weighted by Gasteiger charge is -2.23. The molecule has 0 heterocycles. The first-order valence-corrected chi connectivity index (χ1v) is 4.60. The number of aryl methyl sites for hydroxylation is 1. The molecule has 0 radical (unpaired) electrons. The second kappa shape index (κ2) is 3.41. The van der Waals surface area contributed by atoms with E-state index in [2.05, 4.69) is 0 Å². The molecule has 0 aromatic heterocycles. The summed E-state index contributed by atoms with van der Waals surface area (Å²) in [7, 11) is 0. The lowest BCUT2D eigenvalue weighted by Crippen LogP contribution is -2.29. The molecule has 14 heavy (non-hydrogen) atoms. The third-order valence-corrected chi connectivity index (χ3v) is 2.50. The molecule has 2 nitrogen and oxygen atoms in total. The van der Waals surface area contributed by atoms with Crippen LogP contribution in [0.1, 0.15) is 25.0 Å². The largest absolute Gasteiger partial charge is 0.505 e. The molecule has 0 aliphatic heterocycles. The minimum atomic E-state index is -0.867. The molecule has 78 valence electrons. The van der Waals surface area contributed by atoms with Crippen molar-refractivity contribution < 1.29 is 9.50 Å². The fourth-order valence-electron chi connectivity index (χ4n) is 1.33. The molecule has 0 aliphatic carbocycles. The van der Waals surface area contributed by atoms with Gasteiger partial charge in [-0.3, -0.25) is 0 Å². The van der Waals surface area contributed by atoms with E-state index in [4.69, 9.17) is 17.3 Å². The average molecular weight is 218 g/mol. The highest BCUT2D eigenvalue weighted by Crippen LogP contribution is 2.37. The molecule has 4 heteroatoms. The molecule has 0 spiro atoms. The first-order chi connectivity index (χ1) is 6.25. The number of phenolic OH excluding ortho intramolecular Hbond substituents is 1. The number of nitrogens with two attached hydrogens (primary N) is 1. The first kappa shape index (κ1) is 11.3. The fourth-order valence-corrected chi connectivity index (χ4v) is 1.72. The molecule has 0 amide bonds. The number of halogens is 2. The minimum absolute atomic E-state index is 0.247. The Balaban J connectivity index is 3.56. The van der Waals surface area contributed by atoms with E-state index in [1.807, 2.05) is 0 Å². The zero-order valence-electron chi connectivity index (χ0n) is 8.36. The lowest BCUT2D eigenvalue weighted by molar-refractivity contribution is 0.405. The summed E-state index contributed by atoms with van der Waals surface area (Å²) in [4.78, 5) is 0. The summed E-state index contributed by atoms with van der Waals surface area (Å²) in [5.74, 6) is -1.16. The van der Waals surface area contributed by atoms with E-state index in [1.165, 1.54) is 6.07 Å². The Morgan fingerprint density at radius 2 is 2.00 bits per heavy atom. The second-order valence-corrected chi connectivity index (χ2v) is 4.31. The smallest absolute Gasteiger partial charge is 0.165 e. The minimum Gasteiger partial charge on any atom is -0.505 e. The van der Waals surface area contributed by atoms with Crippen LogP contribution in [0, 0.1) is 12.7 Å². The molecule has 0 saturated carbocycles. The third-order valence-electron chi connectivity index (χ3n) is 2.02. The monoisotopic (exact) mass is 217 g/mol. The molecule has 0 atom stereocenters. The SMILES string of the molecule is Cc1cc(F)c(O)c(C(C)(C)N)c1Cl. The van der Waals surface area contributed by atoms with Gasteiger partial charge in [0, 0.05) is 11.1 Å². The molecule has 0 fully saturated rings. The molecule has 1 aromatic rings. The predicted octanol–water partition coefficient (Wildman–Crippen LogP) is 2.69. The Hall–Kier alpha value is -0.800. The maximum atomic E-state index is 13.2. The number of hydrogen-bond donors (Lipinski definition) is 2. The van der Waals surface area contributed by atoms with Crippen molar-refractivity contribution in [2.24, 2.45) is 5.73 Å². The van der Waals surface area contributed by atoms with E-state index in [-0.39, 0.29) is 5.56 Å². The van der Waals surface area contributed by atoms with Gasteiger partial charge in [0.2, 0.25) is 0 Å². The molecule has 1 aromatic carbocycles. The highest BCUT2D eigenvalue weighted by molar-refractivity contribution is 6.32. The van der Waals surface area contributed by atoms with Crippen molar-refractivity contribution in [1.29, 1.82) is 0 Å². The van der Waals surface area contributed by atoms with Crippen LogP contribution in [0.25, 0.3) is 0 Å². The van der Waals surface area contributed by atoms with Gasteiger partial charge in [0.05, 0.1) is 5.02 Å². The molecular weight excluding hydrogens is 205 g/mol. The Morgan fingerprint density at radius 3 is 2.43 bits per heavy atom. The number of benzene rings is 1. The Labute approximate surface area is 87.5 Å². The van der Waals surface area contributed by atoms with Crippen LogP contribution in [-0.2, 0) is 5.54 Å². The van der Waals surface area contributed by atoms with Crippen molar-refractivity contribution >= 4 is 11.6 Å². The van der Waals surface area contributed by atoms with E-state index in [9.17, 15) is 9.50 Å². The van der Waals surface area contributed by atoms with E-state index in [1.54, 1.807) is 20.8 Å². The van der Waals surface area contributed by atoms with Gasteiger partial charge in [-0.2, -0.15) is 0 Å². The maximum Gasteiger partial charge on any atom is 0.165 e. The quantitative estimate of drug-likeness (QED) is 0.760. The summed E-state index contributed by atoms with van der Waals surface area (Å²) in [5, 5.41) is 9.82. The van der Waals surface area contributed by atoms with Crippen LogP contribution in [0.3, 0.4) is 0 Å². The van der Waals surface area contributed by atoms with Crippen LogP contribution in [0.5, 0.6) is 5.75 Å². The first-order valence-electron chi connectivity index (χ1n) is 4.22. The van der Waals surface area contributed by atoms with E-state index in [0.717, 1.165) is 0 Å². The molecule has 3 N–H and O–H groups in total. The van der Waals surface area contributed by atoms with Gasteiger partial charge in [0.15, 0.2) is 11.6 Å². The number of hydrogen-bond acceptors (Lipinski definition) is 2. The molecule has 0 aliphatic rings. The van der Waals surface area contributed by atoms with Crippen molar-refractivity contribution in [2.75, 3.05) is 0 Å². The van der Waals surface area contributed by atoms with Gasteiger partial charge in [0.1, 0.15) is 0 Å². The Bertz CT molecular complexity index is 345. The molecule has 0 bridgehead atoms. The molecule has 0 saturated heterocycles. The van der Waals surface area contributed by atoms with Gasteiger partial charge < -0.3 is 10.8 Å². The normalized spacial score (nSPS) is 11.9. The highest BCUT2D eigenvalue weighted by Gasteiger charge is 2.25. The zero-order chi connectivity index (χ0) is 11.1. The zero-order valence-corrected chi connectivity index (χ0v) is 9.11. The van der Waals surface area contributed by atoms with Crippen LogP contribution in [0.4, 0.5) is 4.39 Å². The number of aromatic hydroxyl groups is 1. The van der Waals surface area contributed by atoms with Crippen molar-refractivity contribution in [3.8, 4) is 5.75 Å². The predicted molar refractivity (Wildman–Crippen MR) is 55.0 cm³/mol. The van der Waals surface area contributed by atoms with Crippen molar-refractivity contribution in [3.63, 3.8) is 0 Å². The topological polar surface area (TPSA) is 46.2 Å². The van der Waals surface area contributed by atoms with E-state index < -0.39 is 17.1 Å². The molecule has 0 unspecified atom stereocenters. The number of phenols is 1. The van der Waals surface area contributed by atoms with Crippen LogP contribution >= 0.6 is 11.6 Å². The Kier molecular flexibility index (Phi) is 2.74. The standard InChI is InChI=1S/C10H13ClFNO/c1-5-4-6(12)9(14)7(8(5)11)10(2,3)13/h4,14H,13H2,1-3H3. The molecular formula is C10H13ClFNO. The van der Waals surface area contributed by atoms with Gasteiger partial charge in [0.25, 0.3) is 0 Å². The van der Waals surface area contributed by atoms with Gasteiger partial charge >= 0.3 is 0 Å². The van der Waals surface area contributed by atoms with Gasteiger partial charge in [-0.25, -0.2) is 4.39 Å². The van der Waals surface area contributed by atoms with Crippen molar-refractivity contribution in [1.82, 2.24) is 0 Å². The summed E-state index contributed by atoms with van der Waals surface area (Å²) in [5.41, 5.74) is 5.73. The summed E-state index contributed by atoms with van der Waals surface area (Å²) in [6.45, 7) is 4.99. The highest BCUT2D eigenvalue weighted by atomic mass is 35.5. The Morgan fingerprint density at radius 1 is 1.50 bits per heavy atom. The van der Waals surface area contributed by atoms with E-state index in [0.29, 0.717) is 10.6 Å². The second-order valence-electron chi connectivity index (χ2n) is 3.93. The van der Waals surface area contributed by atoms with Crippen molar-refractivity contribution in [3.05, 3.63) is 28.0 Å². The molecule has 1 rings (SSSR count). The average Bonchev–Trinajstić information content (AvgIpc) is 1.98. The van der Waals surface area contributed by atoms with Crippen molar-refractivity contribution in [2.45, 2.75) is 26.3 Å². The van der Waals surface area contributed by atoms with Gasteiger partial charge in [-0.05, 0) is 32.4 Å². The summed E-state index contributed by atoms with van der Waals surface area (Å²) in [6, 6.07) is 1.19. The maximum absolute atomic E-state index is 13.2. The summed E-state index contributed by atoms with van der Waals surface area (Å²) in [6.07, 6.45) is 0. The van der Waals surface area contributed by atoms with Crippen LogP contribution in [0.15, 0.2) is 6.07 Å². The van der Waals surface area contributed by atoms with Crippen LogP contribution < -0.4 is 5.73 Å². The van der Waals surface area contributed by atoms with Gasteiger partial charge in [-0.15, -0.1) is 0 Å². The van der Waals surface area contributed by atoms with E-state index >= 15 is 0 Å². The number of rotatable bonds is 1. The summed E-state index contributed by atoms with van der Waals surface area (Å²) < 4.78 is 13.2. The van der Waals surface area contributed by atoms with Gasteiger partial charge in [-0.1, -0.05) is 11.6 Å².